The monoisotopic (exact) mass is 394 g/mol. The van der Waals surface area contributed by atoms with Crippen LogP contribution in [0.25, 0.3) is 10.9 Å². The molecule has 1 atom stereocenters. The predicted octanol–water partition coefficient (Wildman–Crippen LogP) is 3.70. The Hall–Kier alpha value is -2.14. The van der Waals surface area contributed by atoms with Gasteiger partial charge >= 0.3 is 0 Å². The van der Waals surface area contributed by atoms with Crippen molar-refractivity contribution in [1.29, 1.82) is 0 Å². The number of piperazine rings is 1. The Morgan fingerprint density at radius 2 is 1.83 bits per heavy atom. The summed E-state index contributed by atoms with van der Waals surface area (Å²) in [5.74, 6) is 0.548. The van der Waals surface area contributed by atoms with Gasteiger partial charge in [-0.1, -0.05) is 6.07 Å². The van der Waals surface area contributed by atoms with Crippen molar-refractivity contribution in [3.63, 3.8) is 0 Å². The molecule has 1 aromatic carbocycles. The van der Waals surface area contributed by atoms with Crippen molar-refractivity contribution < 1.29 is 4.79 Å². The Labute approximate surface area is 174 Å². The third-order valence-electron chi connectivity index (χ3n) is 6.68. The Kier molecular flexibility index (Phi) is 5.77. The van der Waals surface area contributed by atoms with Crippen LogP contribution in [0.5, 0.6) is 0 Å². The second kappa shape index (κ2) is 8.31. The van der Waals surface area contributed by atoms with Crippen LogP contribution in [0.2, 0.25) is 0 Å². The molecule has 2 fully saturated rings. The summed E-state index contributed by atoms with van der Waals surface area (Å²) >= 11 is 0. The zero-order valence-corrected chi connectivity index (χ0v) is 18.3. The molecule has 0 radical (unpaired) electrons. The lowest BCUT2D eigenvalue weighted by Crippen LogP contribution is -2.57. The molecule has 1 amide bonds. The molecule has 2 aliphatic rings. The average molecular weight is 395 g/mol. The maximum atomic E-state index is 13.1. The summed E-state index contributed by atoms with van der Waals surface area (Å²) in [4.78, 5) is 24.7. The summed E-state index contributed by atoms with van der Waals surface area (Å²) in [6.07, 6.45) is 1.89. The number of pyridine rings is 1. The van der Waals surface area contributed by atoms with Crippen LogP contribution in [0, 0.1) is 12.8 Å². The molecular weight excluding hydrogens is 360 g/mol. The van der Waals surface area contributed by atoms with E-state index in [1.54, 1.807) is 0 Å². The number of piperidine rings is 1. The first-order valence-electron chi connectivity index (χ1n) is 11.1. The number of carbonyl (C=O) groups is 1. The highest BCUT2D eigenvalue weighted by Gasteiger charge is 2.33. The van der Waals surface area contributed by atoms with Crippen molar-refractivity contribution in [2.24, 2.45) is 5.92 Å². The van der Waals surface area contributed by atoms with E-state index < -0.39 is 0 Å². The van der Waals surface area contributed by atoms with Crippen LogP contribution in [0.3, 0.4) is 0 Å². The summed E-state index contributed by atoms with van der Waals surface area (Å²) in [6.45, 7) is 13.4. The van der Waals surface area contributed by atoms with Crippen LogP contribution in [-0.4, -0.2) is 65.5 Å². The molecule has 5 nitrogen and oxygen atoms in total. The number of aromatic nitrogens is 1. The van der Waals surface area contributed by atoms with Gasteiger partial charge in [0.25, 0.3) is 0 Å². The number of fused-ring (bicyclic) bond motifs is 1. The third kappa shape index (κ3) is 4.25. The van der Waals surface area contributed by atoms with E-state index >= 15 is 0 Å². The summed E-state index contributed by atoms with van der Waals surface area (Å²) in [5, 5.41) is 1.18. The van der Waals surface area contributed by atoms with Crippen molar-refractivity contribution in [3.8, 4) is 0 Å². The van der Waals surface area contributed by atoms with Crippen LogP contribution < -0.4 is 4.90 Å². The van der Waals surface area contributed by atoms with Gasteiger partial charge in [-0.3, -0.25) is 14.7 Å². The molecule has 3 heterocycles. The molecule has 0 bridgehead atoms. The van der Waals surface area contributed by atoms with E-state index in [9.17, 15) is 4.79 Å². The molecule has 1 aromatic heterocycles. The van der Waals surface area contributed by atoms with E-state index in [1.807, 2.05) is 6.92 Å². The summed E-state index contributed by atoms with van der Waals surface area (Å²) < 4.78 is 0. The van der Waals surface area contributed by atoms with Gasteiger partial charge < -0.3 is 9.80 Å². The van der Waals surface area contributed by atoms with Crippen LogP contribution in [0.15, 0.2) is 30.3 Å². The van der Waals surface area contributed by atoms with E-state index in [1.165, 1.54) is 11.1 Å². The lowest BCUT2D eigenvalue weighted by Gasteiger charge is -2.43. The summed E-state index contributed by atoms with van der Waals surface area (Å²) in [7, 11) is 0. The lowest BCUT2D eigenvalue weighted by molar-refractivity contribution is -0.139. The number of anilines is 1. The minimum atomic E-state index is 0.175. The van der Waals surface area contributed by atoms with Gasteiger partial charge in [-0.2, -0.15) is 0 Å². The zero-order valence-electron chi connectivity index (χ0n) is 18.3. The summed E-state index contributed by atoms with van der Waals surface area (Å²) in [6, 6.07) is 11.7. The molecule has 29 heavy (non-hydrogen) atoms. The zero-order chi connectivity index (χ0) is 20.5. The molecule has 0 aliphatic carbocycles. The van der Waals surface area contributed by atoms with Gasteiger partial charge in [0.1, 0.15) is 0 Å². The van der Waals surface area contributed by atoms with E-state index in [4.69, 9.17) is 0 Å². The van der Waals surface area contributed by atoms with Crippen molar-refractivity contribution in [3.05, 3.63) is 36.0 Å². The quantitative estimate of drug-likeness (QED) is 0.796. The van der Waals surface area contributed by atoms with Gasteiger partial charge in [-0.15, -0.1) is 0 Å². The number of amides is 1. The van der Waals surface area contributed by atoms with Gasteiger partial charge in [-0.05, 0) is 64.8 Å². The van der Waals surface area contributed by atoms with Gasteiger partial charge in [0.2, 0.25) is 5.91 Å². The fraction of sp³-hybridized carbons (Fsp3) is 0.583. The van der Waals surface area contributed by atoms with Gasteiger partial charge in [0.05, 0.1) is 5.52 Å². The minimum Gasteiger partial charge on any atom is -0.371 e. The standard InChI is InChI=1S/C24H34N4O/c1-17(2)28-14-13-27(16-19(28)4)24(29)20-9-11-26(12-10-20)22-7-8-23-21(15-22)6-5-18(3)25-23/h5-8,15,17,19-20H,9-14,16H2,1-4H3. The summed E-state index contributed by atoms with van der Waals surface area (Å²) in [5.41, 5.74) is 3.34. The Bertz CT molecular complexity index is 872. The fourth-order valence-electron chi connectivity index (χ4n) is 4.99. The highest BCUT2D eigenvalue weighted by Crippen LogP contribution is 2.28. The first-order valence-corrected chi connectivity index (χ1v) is 11.1. The minimum absolute atomic E-state index is 0.175. The molecule has 0 N–H and O–H groups in total. The molecule has 4 rings (SSSR count). The van der Waals surface area contributed by atoms with Crippen LogP contribution in [0.4, 0.5) is 5.69 Å². The van der Waals surface area contributed by atoms with E-state index in [0.717, 1.165) is 56.8 Å². The maximum absolute atomic E-state index is 13.1. The second-order valence-electron chi connectivity index (χ2n) is 9.06. The normalized spacial score (nSPS) is 21.9. The van der Waals surface area contributed by atoms with Crippen LogP contribution in [0.1, 0.15) is 39.3 Å². The fourth-order valence-corrected chi connectivity index (χ4v) is 4.99. The smallest absolute Gasteiger partial charge is 0.225 e. The van der Waals surface area contributed by atoms with E-state index in [-0.39, 0.29) is 5.92 Å². The first kappa shape index (κ1) is 20.1. The number of rotatable bonds is 3. The molecule has 0 saturated carbocycles. The second-order valence-corrected chi connectivity index (χ2v) is 9.06. The van der Waals surface area contributed by atoms with Crippen molar-refractivity contribution in [2.75, 3.05) is 37.6 Å². The number of hydrogen-bond donors (Lipinski definition) is 0. The van der Waals surface area contributed by atoms with Gasteiger partial charge in [0.15, 0.2) is 0 Å². The lowest BCUT2D eigenvalue weighted by atomic mass is 9.94. The van der Waals surface area contributed by atoms with Gasteiger partial charge in [0, 0.05) is 67.5 Å². The SMILES string of the molecule is Cc1ccc2cc(N3CCC(C(=O)N4CCN(C(C)C)C(C)C4)CC3)ccc2n1. The van der Waals surface area contributed by atoms with Crippen LogP contribution in [-0.2, 0) is 4.79 Å². The maximum Gasteiger partial charge on any atom is 0.225 e. The molecule has 2 saturated heterocycles. The molecule has 1 unspecified atom stereocenters. The van der Waals surface area contributed by atoms with E-state index in [2.05, 4.69) is 70.8 Å². The molecule has 156 valence electrons. The number of hydrogen-bond acceptors (Lipinski definition) is 4. The number of aryl methyl sites for hydroxylation is 1. The molecule has 2 aromatic rings. The van der Waals surface area contributed by atoms with Crippen molar-refractivity contribution >= 4 is 22.5 Å². The molecule has 5 heteroatoms. The Balaban J connectivity index is 1.36. The highest BCUT2D eigenvalue weighted by atomic mass is 16.2. The Morgan fingerprint density at radius 3 is 2.52 bits per heavy atom. The van der Waals surface area contributed by atoms with Crippen LogP contribution >= 0.6 is 0 Å². The first-order chi connectivity index (χ1) is 13.9. The topological polar surface area (TPSA) is 39.7 Å². The number of nitrogens with zero attached hydrogens (tertiary/aromatic N) is 4. The van der Waals surface area contributed by atoms with Crippen molar-refractivity contribution in [2.45, 2.75) is 52.6 Å². The largest absolute Gasteiger partial charge is 0.371 e. The predicted molar refractivity (Wildman–Crippen MR) is 119 cm³/mol. The van der Waals surface area contributed by atoms with E-state index in [0.29, 0.717) is 18.0 Å². The molecular formula is C24H34N4O. The number of carbonyl (C=O) groups excluding carboxylic acids is 1. The Morgan fingerprint density at radius 1 is 1.07 bits per heavy atom. The highest BCUT2D eigenvalue weighted by molar-refractivity contribution is 5.83. The third-order valence-corrected chi connectivity index (χ3v) is 6.68. The average Bonchev–Trinajstić information content (AvgIpc) is 2.72. The van der Waals surface area contributed by atoms with Gasteiger partial charge in [-0.25, -0.2) is 0 Å². The molecule has 2 aliphatic heterocycles. The van der Waals surface area contributed by atoms with Crippen molar-refractivity contribution in [1.82, 2.24) is 14.8 Å². The number of benzene rings is 1. The molecule has 0 spiro atoms.